The molecule has 0 radical (unpaired) electrons. The molecular formula is C23H32. The van der Waals surface area contributed by atoms with E-state index in [1.54, 1.807) is 0 Å². The molecule has 1 aliphatic carbocycles. The van der Waals surface area contributed by atoms with Gasteiger partial charge in [0, 0.05) is 12.0 Å². The molecule has 0 saturated carbocycles. The van der Waals surface area contributed by atoms with E-state index < -0.39 is 0 Å². The van der Waals surface area contributed by atoms with Crippen LogP contribution >= 0.6 is 0 Å². The van der Waals surface area contributed by atoms with Gasteiger partial charge in [0.2, 0.25) is 0 Å². The zero-order valence-corrected chi connectivity index (χ0v) is 15.3. The minimum absolute atomic E-state index is 1.02. The number of unbranched alkanes of at least 4 members (excludes halogenated alkanes) is 3. The normalized spacial score (nSPS) is 14.1. The number of benzene rings is 1. The van der Waals surface area contributed by atoms with Gasteiger partial charge in [-0.05, 0) is 68.6 Å². The first kappa shape index (κ1) is 17.9. The molecule has 0 heterocycles. The SMILES string of the molecule is CCCCC#Cc1c(CCCC)cc(C)cc1C1=CCCCC1. The molecule has 0 atom stereocenters. The molecule has 1 aromatic rings. The zero-order chi connectivity index (χ0) is 16.5. The first-order chi connectivity index (χ1) is 11.3. The van der Waals surface area contributed by atoms with Crippen molar-refractivity contribution < 1.29 is 0 Å². The van der Waals surface area contributed by atoms with Gasteiger partial charge in [-0.25, -0.2) is 0 Å². The highest BCUT2D eigenvalue weighted by Crippen LogP contribution is 2.31. The second-order valence-corrected chi connectivity index (χ2v) is 6.83. The van der Waals surface area contributed by atoms with Crippen LogP contribution in [0.15, 0.2) is 18.2 Å². The monoisotopic (exact) mass is 308 g/mol. The van der Waals surface area contributed by atoms with E-state index in [-0.39, 0.29) is 0 Å². The van der Waals surface area contributed by atoms with Crippen molar-refractivity contribution >= 4 is 5.57 Å². The van der Waals surface area contributed by atoms with Crippen LogP contribution in [0.25, 0.3) is 5.57 Å². The molecule has 1 aliphatic rings. The summed E-state index contributed by atoms with van der Waals surface area (Å²) in [4.78, 5) is 0. The molecule has 0 heteroatoms. The summed E-state index contributed by atoms with van der Waals surface area (Å²) >= 11 is 0. The average Bonchev–Trinajstić information content (AvgIpc) is 2.58. The van der Waals surface area contributed by atoms with Crippen LogP contribution < -0.4 is 0 Å². The lowest BCUT2D eigenvalue weighted by Gasteiger charge is -2.18. The predicted molar refractivity (Wildman–Crippen MR) is 103 cm³/mol. The summed E-state index contributed by atoms with van der Waals surface area (Å²) in [6.07, 6.45) is 14.7. The summed E-state index contributed by atoms with van der Waals surface area (Å²) in [7, 11) is 0. The van der Waals surface area contributed by atoms with Crippen LogP contribution in [-0.4, -0.2) is 0 Å². The van der Waals surface area contributed by atoms with Gasteiger partial charge in [-0.15, -0.1) is 0 Å². The van der Waals surface area contributed by atoms with Crippen LogP contribution in [-0.2, 0) is 6.42 Å². The summed E-state index contributed by atoms with van der Waals surface area (Å²) < 4.78 is 0. The lowest BCUT2D eigenvalue weighted by Crippen LogP contribution is -2.01. The number of allylic oxidation sites excluding steroid dienone is 2. The van der Waals surface area contributed by atoms with Gasteiger partial charge in [-0.3, -0.25) is 0 Å². The van der Waals surface area contributed by atoms with E-state index in [9.17, 15) is 0 Å². The Balaban J connectivity index is 2.41. The van der Waals surface area contributed by atoms with Gasteiger partial charge < -0.3 is 0 Å². The molecular weight excluding hydrogens is 276 g/mol. The van der Waals surface area contributed by atoms with Crippen LogP contribution in [0, 0.1) is 18.8 Å². The Labute approximate surface area is 143 Å². The highest BCUT2D eigenvalue weighted by atomic mass is 14.2. The van der Waals surface area contributed by atoms with Gasteiger partial charge in [0.1, 0.15) is 0 Å². The maximum absolute atomic E-state index is 3.56. The van der Waals surface area contributed by atoms with Crippen molar-refractivity contribution in [1.82, 2.24) is 0 Å². The van der Waals surface area contributed by atoms with Crippen molar-refractivity contribution in [3.05, 3.63) is 40.5 Å². The van der Waals surface area contributed by atoms with Crippen molar-refractivity contribution in [1.29, 1.82) is 0 Å². The highest BCUT2D eigenvalue weighted by molar-refractivity contribution is 5.73. The summed E-state index contributed by atoms with van der Waals surface area (Å²) in [5.74, 6) is 7.00. The lowest BCUT2D eigenvalue weighted by atomic mass is 9.86. The first-order valence-corrected chi connectivity index (χ1v) is 9.58. The Morgan fingerprint density at radius 1 is 1.04 bits per heavy atom. The quantitative estimate of drug-likeness (QED) is 0.399. The Bertz CT molecular complexity index is 592. The summed E-state index contributed by atoms with van der Waals surface area (Å²) in [5, 5.41) is 0. The molecule has 0 bridgehead atoms. The third-order valence-electron chi connectivity index (χ3n) is 4.67. The van der Waals surface area contributed by atoms with Gasteiger partial charge >= 0.3 is 0 Å². The number of hydrogen-bond donors (Lipinski definition) is 0. The Morgan fingerprint density at radius 3 is 2.57 bits per heavy atom. The fourth-order valence-electron chi connectivity index (χ4n) is 3.33. The minimum atomic E-state index is 1.02. The molecule has 23 heavy (non-hydrogen) atoms. The number of hydrogen-bond acceptors (Lipinski definition) is 0. The molecule has 1 aromatic carbocycles. The third-order valence-corrected chi connectivity index (χ3v) is 4.67. The van der Waals surface area contributed by atoms with Crippen LogP contribution in [0.3, 0.4) is 0 Å². The Kier molecular flexibility index (Phi) is 7.47. The Morgan fingerprint density at radius 2 is 1.87 bits per heavy atom. The fourth-order valence-corrected chi connectivity index (χ4v) is 3.33. The van der Waals surface area contributed by atoms with Crippen LogP contribution in [0.2, 0.25) is 0 Å². The maximum Gasteiger partial charge on any atom is 0.0352 e. The van der Waals surface area contributed by atoms with E-state index in [4.69, 9.17) is 0 Å². The molecule has 0 nitrogen and oxygen atoms in total. The van der Waals surface area contributed by atoms with E-state index in [1.807, 2.05) is 0 Å². The summed E-state index contributed by atoms with van der Waals surface area (Å²) in [6, 6.07) is 4.74. The molecule has 0 fully saturated rings. The third kappa shape index (κ3) is 5.28. The standard InChI is InChI=1S/C23H32/c1-4-6-8-12-16-22-21(13-7-5-2)17-19(3)18-23(22)20-14-10-9-11-15-20/h14,17-18H,4-11,13,15H2,1-3H3. The van der Waals surface area contributed by atoms with Gasteiger partial charge in [-0.2, -0.15) is 0 Å². The molecule has 0 amide bonds. The van der Waals surface area contributed by atoms with E-state index in [0.717, 1.165) is 12.8 Å². The van der Waals surface area contributed by atoms with Gasteiger partial charge in [-0.1, -0.05) is 62.3 Å². The number of aryl methyl sites for hydroxylation is 2. The van der Waals surface area contributed by atoms with Crippen molar-refractivity contribution in [3.8, 4) is 11.8 Å². The topological polar surface area (TPSA) is 0 Å². The van der Waals surface area contributed by atoms with Crippen LogP contribution in [0.5, 0.6) is 0 Å². The molecule has 0 saturated heterocycles. The van der Waals surface area contributed by atoms with Gasteiger partial charge in [0.05, 0.1) is 0 Å². The molecule has 2 rings (SSSR count). The minimum Gasteiger partial charge on any atom is -0.0979 e. The lowest BCUT2D eigenvalue weighted by molar-refractivity contribution is 0.741. The van der Waals surface area contributed by atoms with Gasteiger partial charge in [0.15, 0.2) is 0 Å². The summed E-state index contributed by atoms with van der Waals surface area (Å²) in [5.41, 5.74) is 7.15. The van der Waals surface area contributed by atoms with Gasteiger partial charge in [0.25, 0.3) is 0 Å². The second kappa shape index (κ2) is 9.61. The maximum atomic E-state index is 3.56. The summed E-state index contributed by atoms with van der Waals surface area (Å²) in [6.45, 7) is 6.74. The number of rotatable bonds is 6. The van der Waals surface area contributed by atoms with Crippen molar-refractivity contribution in [2.75, 3.05) is 0 Å². The largest absolute Gasteiger partial charge is 0.0979 e. The first-order valence-electron chi connectivity index (χ1n) is 9.58. The highest BCUT2D eigenvalue weighted by Gasteiger charge is 2.13. The van der Waals surface area contributed by atoms with Crippen molar-refractivity contribution in [2.45, 2.75) is 85.0 Å². The molecule has 0 N–H and O–H groups in total. The zero-order valence-electron chi connectivity index (χ0n) is 15.3. The van der Waals surface area contributed by atoms with E-state index >= 15 is 0 Å². The Hall–Kier alpha value is -1.48. The van der Waals surface area contributed by atoms with Crippen molar-refractivity contribution in [3.63, 3.8) is 0 Å². The van der Waals surface area contributed by atoms with Crippen LogP contribution in [0.4, 0.5) is 0 Å². The molecule has 0 spiro atoms. The molecule has 0 aromatic heterocycles. The molecule has 124 valence electrons. The van der Waals surface area contributed by atoms with E-state index in [1.165, 1.54) is 79.2 Å². The molecule has 0 aliphatic heterocycles. The second-order valence-electron chi connectivity index (χ2n) is 6.83. The van der Waals surface area contributed by atoms with E-state index in [2.05, 4.69) is 50.8 Å². The van der Waals surface area contributed by atoms with Crippen molar-refractivity contribution in [2.24, 2.45) is 0 Å². The van der Waals surface area contributed by atoms with E-state index in [0.29, 0.717) is 0 Å². The average molecular weight is 309 g/mol. The predicted octanol–water partition coefficient (Wildman–Crippen LogP) is 6.84. The molecule has 0 unspecified atom stereocenters. The smallest absolute Gasteiger partial charge is 0.0352 e. The van der Waals surface area contributed by atoms with Crippen LogP contribution in [0.1, 0.15) is 93.9 Å². The fraction of sp³-hybridized carbons (Fsp3) is 0.565.